The smallest absolute Gasteiger partial charge is 0 e. The first-order chi connectivity index (χ1) is 37.6. The van der Waals surface area contributed by atoms with Gasteiger partial charge in [-0.3, -0.25) is 4.98 Å². The fourth-order valence-electron chi connectivity index (χ4n) is 10.9. The molecule has 80 heavy (non-hydrogen) atoms. The summed E-state index contributed by atoms with van der Waals surface area (Å²) in [5.74, 6) is 8.04. The van der Waals surface area contributed by atoms with Crippen LogP contribution >= 0.6 is 0 Å². The number of aromatic nitrogens is 3. The van der Waals surface area contributed by atoms with Crippen molar-refractivity contribution in [2.24, 2.45) is 0 Å². The molecule has 405 valence electrons. The van der Waals surface area contributed by atoms with Gasteiger partial charge in [0.05, 0.1) is 22.4 Å². The molecule has 0 saturated carbocycles. The molecule has 1 radical (unpaired) electrons. The summed E-state index contributed by atoms with van der Waals surface area (Å²) in [6.45, 7) is 23.1. The molecule has 0 aliphatic rings. The number of furan rings is 1. The molecule has 12 aromatic rings. The molecule has 0 saturated heterocycles. The van der Waals surface area contributed by atoms with Crippen LogP contribution in [0.1, 0.15) is 103 Å². The van der Waals surface area contributed by atoms with E-state index >= 15 is 0 Å². The molecule has 0 amide bonds. The number of benzene rings is 9. The van der Waals surface area contributed by atoms with Crippen molar-refractivity contribution in [2.45, 2.75) is 109 Å². The van der Waals surface area contributed by atoms with Crippen molar-refractivity contribution in [3.63, 3.8) is 0 Å². The third kappa shape index (κ3) is 11.0. The van der Waals surface area contributed by atoms with Gasteiger partial charge in [-0.2, -0.15) is 0 Å². The molecular weight excluding hydrogens is 1220 g/mol. The van der Waals surface area contributed by atoms with Crippen LogP contribution in [0.3, 0.4) is 0 Å². The maximum Gasteiger partial charge on any atom is 0 e. The predicted octanol–water partition coefficient (Wildman–Crippen LogP) is 20.1. The van der Waals surface area contributed by atoms with Gasteiger partial charge >= 0.3 is 104 Å². The minimum atomic E-state index is -1.79. The van der Waals surface area contributed by atoms with Gasteiger partial charge in [-0.15, -0.1) is 18.2 Å². The van der Waals surface area contributed by atoms with Crippen LogP contribution < -0.4 is 4.40 Å². The van der Waals surface area contributed by atoms with Crippen molar-refractivity contribution in [3.05, 3.63) is 216 Å². The molecule has 3 heterocycles. The van der Waals surface area contributed by atoms with E-state index in [0.717, 1.165) is 55.6 Å². The topological polar surface area (TPSA) is 43.9 Å². The first-order valence-electron chi connectivity index (χ1n) is 27.9. The Kier molecular flexibility index (Phi) is 15.4. The summed E-state index contributed by atoms with van der Waals surface area (Å²) in [4.78, 5) is 9.85. The quantitative estimate of drug-likeness (QED) is 0.0865. The van der Waals surface area contributed by atoms with E-state index in [2.05, 4.69) is 248 Å². The number of imidazole rings is 1. The Balaban J connectivity index is 0.000000342. The van der Waals surface area contributed by atoms with Crippen molar-refractivity contribution in [1.29, 1.82) is 0 Å². The molecule has 0 aliphatic carbocycles. The minimum absolute atomic E-state index is 0. The zero-order valence-electron chi connectivity index (χ0n) is 48.4. The van der Waals surface area contributed by atoms with Crippen LogP contribution in [0.5, 0.6) is 0 Å². The Hall–Kier alpha value is -6.96. The summed E-state index contributed by atoms with van der Waals surface area (Å²) in [6, 6.07) is 66.5. The number of halogens is 1. The summed E-state index contributed by atoms with van der Waals surface area (Å²) in [5, 5.41) is 6.99. The van der Waals surface area contributed by atoms with E-state index in [1.165, 1.54) is 88.3 Å². The first kappa shape index (κ1) is 56.3. The second-order valence-electron chi connectivity index (χ2n) is 25.1. The van der Waals surface area contributed by atoms with E-state index in [0.29, 0.717) is 0 Å². The van der Waals surface area contributed by atoms with Crippen LogP contribution in [0.2, 0.25) is 17.3 Å². The van der Waals surface area contributed by atoms with E-state index in [1.54, 1.807) is 6.07 Å². The van der Waals surface area contributed by atoms with Crippen LogP contribution in [0.15, 0.2) is 180 Å². The van der Waals surface area contributed by atoms with Gasteiger partial charge in [0.2, 0.25) is 0 Å². The van der Waals surface area contributed by atoms with Crippen LogP contribution in [0.4, 0.5) is 4.39 Å². The van der Waals surface area contributed by atoms with Gasteiger partial charge in [-0.05, 0) is 125 Å². The van der Waals surface area contributed by atoms with E-state index < -0.39 is 13.3 Å². The molecule has 7 heteroatoms. The average Bonchev–Trinajstić information content (AvgIpc) is 4.05. The van der Waals surface area contributed by atoms with Crippen molar-refractivity contribution in [2.75, 3.05) is 0 Å². The van der Waals surface area contributed by atoms with Crippen LogP contribution in [0, 0.1) is 17.9 Å². The molecular formula is C73H70FGeIrN3O-2. The Morgan fingerprint density at radius 1 is 0.575 bits per heavy atom. The number of nitrogens with zero attached hydrogens (tertiary/aromatic N) is 3. The molecule has 0 N–H and O–H groups in total. The normalized spacial score (nSPS) is 12.2. The molecule has 9 aromatic carbocycles. The Bertz CT molecular complexity index is 4180. The third-order valence-electron chi connectivity index (χ3n) is 15.6. The molecule has 3 aromatic heterocycles. The SMILES string of the molecule is CC(C)c1cc(-c2ccc(-c3cc(C(C)(C)C)cc(C(C)(C)C)c3)cc2)cc(C(C)C)c1-n1c(-c2[c-]ccc3c2oc2cc4c(ccc5ccccc54)cc23)nc2ccccc21.[CH3][Ge]([CH3])([CH3])[c]1ccc(-c2[c-]cc(F)cc2)nc1.[Ir]. The van der Waals surface area contributed by atoms with E-state index in [1.807, 2.05) is 18.3 Å². The number of pyridine rings is 1. The van der Waals surface area contributed by atoms with Crippen LogP contribution in [-0.2, 0) is 30.9 Å². The van der Waals surface area contributed by atoms with Crippen molar-refractivity contribution in [3.8, 4) is 50.6 Å². The molecule has 0 fully saturated rings. The number of para-hydroxylation sites is 2. The number of rotatable bonds is 8. The van der Waals surface area contributed by atoms with Gasteiger partial charge in [-0.25, -0.2) is 0 Å². The van der Waals surface area contributed by atoms with Gasteiger partial charge < -0.3 is 8.98 Å². The van der Waals surface area contributed by atoms with Gasteiger partial charge in [-0.1, -0.05) is 171 Å². The summed E-state index contributed by atoms with van der Waals surface area (Å²) < 4.78 is 23.5. The van der Waals surface area contributed by atoms with Crippen LogP contribution in [-0.4, -0.2) is 27.8 Å². The van der Waals surface area contributed by atoms with Gasteiger partial charge in [0.25, 0.3) is 0 Å². The maximum atomic E-state index is 12.8. The Labute approximate surface area is 488 Å². The number of fused-ring (bicyclic) bond motifs is 7. The average molecular weight is 1290 g/mol. The molecule has 12 rings (SSSR count). The van der Waals surface area contributed by atoms with Gasteiger partial charge in [0.1, 0.15) is 5.58 Å². The summed E-state index contributed by atoms with van der Waals surface area (Å²) in [7, 11) is 0. The van der Waals surface area contributed by atoms with E-state index in [9.17, 15) is 4.39 Å². The standard InChI is InChI=1S/C59H55N2O.C14H15FGeN.Ir/c1-35(2)48-31-42(38-24-22-37(23-25-38)41-28-43(58(5,6)7)33-44(29-41)59(8,9)10)32-49(36(3)4)55(48)61-53-21-14-13-20-52(53)60-57(61)47-19-15-18-46-51-30-40-27-26-39-16-11-12-17-45(39)50(40)34-54(51)62-56(46)47;1-16(2,3)13-8-9-14(17-10-13)11-4-6-12(15)7-5-11;/h11-18,20-36H,1-10H3;4,6-10H,1-3H3;/q2*-1;. The van der Waals surface area contributed by atoms with Gasteiger partial charge in [0.15, 0.2) is 0 Å². The fraction of sp³-hybridized carbons (Fsp3) is 0.233. The monoisotopic (exact) mass is 1290 g/mol. The second-order valence-corrected chi connectivity index (χ2v) is 35.8. The van der Waals surface area contributed by atoms with Crippen molar-refractivity contribution in [1.82, 2.24) is 14.5 Å². The molecule has 0 spiro atoms. The van der Waals surface area contributed by atoms with Crippen molar-refractivity contribution < 1.29 is 28.9 Å². The van der Waals surface area contributed by atoms with E-state index in [-0.39, 0.29) is 48.6 Å². The summed E-state index contributed by atoms with van der Waals surface area (Å²) in [6.07, 6.45) is 1.95. The predicted molar refractivity (Wildman–Crippen MR) is 336 cm³/mol. The third-order valence-corrected chi connectivity index (χ3v) is 19.9. The molecule has 0 bridgehead atoms. The largest absolute Gasteiger partial charge is 0 e. The Morgan fingerprint density at radius 2 is 1.20 bits per heavy atom. The van der Waals surface area contributed by atoms with Crippen LogP contribution in [0.25, 0.3) is 105 Å². The minimum Gasteiger partial charge on any atom is 0 e. The number of hydrogen-bond donors (Lipinski definition) is 0. The molecule has 0 unspecified atom stereocenters. The molecule has 0 aliphatic heterocycles. The zero-order chi connectivity index (χ0) is 55.7. The van der Waals surface area contributed by atoms with E-state index in [4.69, 9.17) is 9.40 Å². The fourth-order valence-corrected chi connectivity index (χ4v) is 13.1. The Morgan fingerprint density at radius 3 is 1.80 bits per heavy atom. The summed E-state index contributed by atoms with van der Waals surface area (Å²) >= 11 is -1.79. The summed E-state index contributed by atoms with van der Waals surface area (Å²) in [5.41, 5.74) is 17.7. The van der Waals surface area contributed by atoms with Crippen molar-refractivity contribution >= 4 is 72.2 Å². The maximum absolute atomic E-state index is 12.8. The molecule has 4 nitrogen and oxygen atoms in total. The zero-order valence-corrected chi connectivity index (χ0v) is 52.9. The molecule has 0 atom stereocenters. The first-order valence-corrected chi connectivity index (χ1v) is 35.2. The number of hydrogen-bond acceptors (Lipinski definition) is 3. The van der Waals surface area contributed by atoms with Gasteiger partial charge in [0, 0.05) is 31.2 Å². The second kappa shape index (κ2) is 21.8.